The van der Waals surface area contributed by atoms with E-state index in [1.807, 2.05) is 62.3 Å². The Labute approximate surface area is 170 Å². The zero-order valence-corrected chi connectivity index (χ0v) is 21.5. The molecule has 0 saturated heterocycles. The molecule has 5 heteroatoms. The molecule has 0 fully saturated rings. The Balaban J connectivity index is 3.51. The third-order valence-corrected chi connectivity index (χ3v) is 9.04. The van der Waals surface area contributed by atoms with E-state index in [1.165, 1.54) is 10.8 Å². The van der Waals surface area contributed by atoms with E-state index >= 15 is 0 Å². The molecule has 0 N–H and O–H groups in total. The lowest BCUT2D eigenvalue weighted by molar-refractivity contribution is -0.0655. The maximum Gasteiger partial charge on any atom is 0.538 e. The number of hydrogen-bond acceptors (Lipinski definition) is 3. The molecule has 0 aliphatic heterocycles. The van der Waals surface area contributed by atoms with Gasteiger partial charge in [0.2, 0.25) is 0 Å². The minimum absolute atomic E-state index is 0.393. The summed E-state index contributed by atoms with van der Waals surface area (Å²) < 4.78 is 19.8. The molecule has 0 radical (unpaired) electrons. The van der Waals surface area contributed by atoms with E-state index in [4.69, 9.17) is 13.3 Å². The summed E-state index contributed by atoms with van der Waals surface area (Å²) in [5, 5.41) is 2.25. The van der Waals surface area contributed by atoms with E-state index in [2.05, 4.69) is 43.9 Å². The Morgan fingerprint density at radius 1 is 0.741 bits per heavy atom. The van der Waals surface area contributed by atoms with Crippen molar-refractivity contribution in [2.75, 3.05) is 0 Å². The second-order valence-corrected chi connectivity index (χ2v) is 15.8. The van der Waals surface area contributed by atoms with Crippen LogP contribution in [0.1, 0.15) is 67.9 Å². The van der Waals surface area contributed by atoms with E-state index in [0.29, 0.717) is 0 Å². The molecule has 0 aliphatic rings. The van der Waals surface area contributed by atoms with E-state index in [-0.39, 0.29) is 0 Å². The fourth-order valence-corrected chi connectivity index (χ4v) is 7.00. The zero-order chi connectivity index (χ0) is 21.3. The Hall–Kier alpha value is -0.726. The molecule has 1 rings (SSSR count). The number of hydrogen-bond donors (Lipinski definition) is 0. The van der Waals surface area contributed by atoms with E-state index in [9.17, 15) is 0 Å². The molecule has 27 heavy (non-hydrogen) atoms. The minimum Gasteiger partial charge on any atom is -0.365 e. The Kier molecular flexibility index (Phi) is 7.50. The van der Waals surface area contributed by atoms with Gasteiger partial charge < -0.3 is 13.3 Å². The Morgan fingerprint density at radius 3 is 1.33 bits per heavy atom. The van der Waals surface area contributed by atoms with Gasteiger partial charge >= 0.3 is 8.80 Å². The van der Waals surface area contributed by atoms with Gasteiger partial charge in [0.25, 0.3) is 0 Å². The van der Waals surface area contributed by atoms with Gasteiger partial charge in [-0.25, -0.2) is 0 Å². The summed E-state index contributed by atoms with van der Waals surface area (Å²) in [5.74, 6) is 0. The van der Waals surface area contributed by atoms with Gasteiger partial charge in [-0.05, 0) is 67.9 Å². The summed E-state index contributed by atoms with van der Waals surface area (Å²) in [6.45, 7) is 27.3. The summed E-state index contributed by atoms with van der Waals surface area (Å²) in [4.78, 5) is 0. The minimum atomic E-state index is -3.18. The quantitative estimate of drug-likeness (QED) is 0.596. The van der Waals surface area contributed by atoms with Gasteiger partial charge in [0.05, 0.1) is 25.6 Å². The van der Waals surface area contributed by atoms with Crippen LogP contribution in [0.2, 0.25) is 13.1 Å². The molecule has 1 aromatic rings. The zero-order valence-electron chi connectivity index (χ0n) is 19.3. The first kappa shape index (κ1) is 24.3. The third kappa shape index (κ3) is 8.04. The molecule has 0 amide bonds. The van der Waals surface area contributed by atoms with Crippen LogP contribution < -0.4 is 5.19 Å². The van der Waals surface area contributed by atoms with Crippen LogP contribution in [0.5, 0.6) is 0 Å². The van der Waals surface area contributed by atoms with Gasteiger partial charge in [-0.15, -0.1) is 0 Å². The monoisotopic (exact) mass is 408 g/mol. The molecule has 1 aromatic carbocycles. The smallest absolute Gasteiger partial charge is 0.365 e. The highest BCUT2D eigenvalue weighted by Crippen LogP contribution is 2.29. The number of rotatable bonds is 6. The largest absolute Gasteiger partial charge is 0.538 e. The van der Waals surface area contributed by atoms with Crippen molar-refractivity contribution in [3.63, 3.8) is 0 Å². The second-order valence-electron chi connectivity index (χ2n) is 10.5. The lowest BCUT2D eigenvalue weighted by Crippen LogP contribution is -2.64. The van der Waals surface area contributed by atoms with Crippen molar-refractivity contribution >= 4 is 28.0 Å². The van der Waals surface area contributed by atoms with E-state index in [0.717, 1.165) is 5.19 Å². The van der Waals surface area contributed by atoms with Crippen molar-refractivity contribution in [3.8, 4) is 0 Å². The normalized spacial score (nSPS) is 13.9. The predicted octanol–water partition coefficient (Wildman–Crippen LogP) is 5.32. The first-order valence-corrected chi connectivity index (χ1v) is 14.5. The highest BCUT2D eigenvalue weighted by Gasteiger charge is 2.52. The topological polar surface area (TPSA) is 27.7 Å². The Morgan fingerprint density at radius 2 is 1.07 bits per heavy atom. The van der Waals surface area contributed by atoms with Crippen LogP contribution in [0.15, 0.2) is 30.8 Å². The van der Waals surface area contributed by atoms with Crippen molar-refractivity contribution < 1.29 is 13.3 Å². The summed E-state index contributed by atoms with van der Waals surface area (Å²) >= 11 is 0. The highest BCUT2D eigenvalue weighted by molar-refractivity contribution is 6.77. The van der Waals surface area contributed by atoms with Crippen LogP contribution in [0.4, 0.5) is 0 Å². The van der Waals surface area contributed by atoms with Crippen LogP contribution in [0.3, 0.4) is 0 Å². The lowest BCUT2D eigenvalue weighted by Gasteiger charge is -2.43. The predicted molar refractivity (Wildman–Crippen MR) is 122 cm³/mol. The van der Waals surface area contributed by atoms with Gasteiger partial charge in [-0.1, -0.05) is 49.1 Å². The molecule has 3 nitrogen and oxygen atoms in total. The Bertz CT molecular complexity index is 589. The lowest BCUT2D eigenvalue weighted by atomic mass is 10.2. The highest BCUT2D eigenvalue weighted by atomic mass is 28.4. The van der Waals surface area contributed by atoms with Crippen molar-refractivity contribution in [1.82, 2.24) is 0 Å². The molecule has 0 aliphatic carbocycles. The van der Waals surface area contributed by atoms with Crippen LogP contribution in [-0.4, -0.2) is 34.4 Å². The van der Waals surface area contributed by atoms with Crippen LogP contribution >= 0.6 is 0 Å². The van der Waals surface area contributed by atoms with Crippen molar-refractivity contribution in [3.05, 3.63) is 36.4 Å². The molecule has 0 saturated carbocycles. The molecular weight excluding hydrogens is 368 g/mol. The maximum atomic E-state index is 6.59. The molecule has 0 spiro atoms. The molecule has 0 unspecified atom stereocenters. The average Bonchev–Trinajstić information content (AvgIpc) is 2.40. The number of benzene rings is 1. The molecule has 0 aromatic heterocycles. The SMILES string of the molecule is C=C(c1ccc([Si](OC(C)(C)C)(OC(C)(C)C)OC(C)(C)C)cc1)[SiH](C)C. The maximum absolute atomic E-state index is 6.59. The summed E-state index contributed by atoms with van der Waals surface area (Å²) in [6, 6.07) is 8.48. The van der Waals surface area contributed by atoms with Gasteiger partial charge in [-0.3, -0.25) is 0 Å². The standard InChI is InChI=1S/C22H40O3Si2/c1-17(26(11)12)18-13-15-19(16-14-18)27(23-20(2,3)4,24-21(5,6)7)25-22(8,9)10/h13-16,26H,1H2,2-12H3. The van der Waals surface area contributed by atoms with Crippen LogP contribution in [-0.2, 0) is 13.3 Å². The van der Waals surface area contributed by atoms with Crippen LogP contribution in [0.25, 0.3) is 5.20 Å². The molecule has 0 heterocycles. The van der Waals surface area contributed by atoms with E-state index < -0.39 is 34.4 Å². The van der Waals surface area contributed by atoms with Gasteiger partial charge in [0, 0.05) is 5.19 Å². The average molecular weight is 409 g/mol. The van der Waals surface area contributed by atoms with E-state index in [1.54, 1.807) is 0 Å². The molecule has 0 atom stereocenters. The van der Waals surface area contributed by atoms with Gasteiger partial charge in [0.1, 0.15) is 0 Å². The van der Waals surface area contributed by atoms with Gasteiger partial charge in [-0.2, -0.15) is 0 Å². The van der Waals surface area contributed by atoms with Gasteiger partial charge in [0.15, 0.2) is 0 Å². The van der Waals surface area contributed by atoms with Crippen LogP contribution in [0, 0.1) is 0 Å². The first-order valence-electron chi connectivity index (χ1n) is 9.84. The first-order chi connectivity index (χ1) is 11.9. The summed E-state index contributed by atoms with van der Waals surface area (Å²) in [5.41, 5.74) is 0.0206. The molecule has 154 valence electrons. The van der Waals surface area contributed by atoms with Crippen molar-refractivity contribution in [1.29, 1.82) is 0 Å². The second kappa shape index (κ2) is 8.33. The molecular formula is C22H40O3Si2. The summed E-state index contributed by atoms with van der Waals surface area (Å²) in [6.07, 6.45) is 0. The van der Waals surface area contributed by atoms with Crippen molar-refractivity contribution in [2.45, 2.75) is 92.2 Å². The molecule has 0 bridgehead atoms. The third-order valence-electron chi connectivity index (χ3n) is 3.63. The van der Waals surface area contributed by atoms with Crippen molar-refractivity contribution in [2.24, 2.45) is 0 Å². The summed E-state index contributed by atoms with van der Waals surface area (Å²) in [7, 11) is -4.11. The fraction of sp³-hybridized carbons (Fsp3) is 0.636. The fourth-order valence-electron chi connectivity index (χ4n) is 2.67.